The molecule has 0 aromatic carbocycles. The van der Waals surface area contributed by atoms with Crippen molar-refractivity contribution in [2.75, 3.05) is 6.54 Å². The zero-order valence-corrected chi connectivity index (χ0v) is 8.97. The van der Waals surface area contributed by atoms with E-state index in [4.69, 9.17) is 0 Å². The predicted octanol–water partition coefficient (Wildman–Crippen LogP) is 3.99. The van der Waals surface area contributed by atoms with Crippen molar-refractivity contribution < 1.29 is 0 Å². The fourth-order valence-corrected chi connectivity index (χ4v) is 1.18. The molecule has 0 aromatic rings. The number of nitrogens with zero attached hydrogens (tertiary/aromatic N) is 1. The summed E-state index contributed by atoms with van der Waals surface area (Å²) in [5.41, 5.74) is 0. The maximum atomic E-state index is 4.33. The molecule has 0 N–H and O–H groups in total. The second-order valence-electron chi connectivity index (χ2n) is 3.37. The molecule has 0 aliphatic heterocycles. The smallest absolute Gasteiger partial charge is 0.0385 e. The Morgan fingerprint density at radius 3 is 2.54 bits per heavy atom. The largest absolute Gasteiger partial charge is 0.298 e. The highest BCUT2D eigenvalue weighted by molar-refractivity contribution is 5.57. The lowest BCUT2D eigenvalue weighted by Gasteiger charge is -1.95. The molecule has 0 radical (unpaired) electrons. The van der Waals surface area contributed by atoms with Gasteiger partial charge in [-0.15, -0.1) is 6.58 Å². The van der Waals surface area contributed by atoms with Gasteiger partial charge in [0.15, 0.2) is 0 Å². The Balaban J connectivity index is 2.97. The van der Waals surface area contributed by atoms with E-state index in [2.05, 4.69) is 18.5 Å². The Morgan fingerprint density at radius 1 is 1.08 bits per heavy atom. The van der Waals surface area contributed by atoms with Crippen LogP contribution in [0.4, 0.5) is 0 Å². The summed E-state index contributed by atoms with van der Waals surface area (Å²) in [6.45, 7) is 6.92. The molecule has 0 saturated heterocycles. The SMILES string of the molecule is C=CCCC=NCCCCCCC. The number of aliphatic imine (C=N–C) groups is 1. The van der Waals surface area contributed by atoms with Crippen molar-refractivity contribution in [2.24, 2.45) is 4.99 Å². The maximum absolute atomic E-state index is 4.33. The predicted molar refractivity (Wildman–Crippen MR) is 61.5 cm³/mol. The summed E-state index contributed by atoms with van der Waals surface area (Å²) in [4.78, 5) is 4.33. The van der Waals surface area contributed by atoms with E-state index in [1.807, 2.05) is 12.3 Å². The molecule has 0 amide bonds. The monoisotopic (exact) mass is 181 g/mol. The van der Waals surface area contributed by atoms with Crippen molar-refractivity contribution in [3.8, 4) is 0 Å². The lowest BCUT2D eigenvalue weighted by Crippen LogP contribution is -1.83. The lowest BCUT2D eigenvalue weighted by molar-refractivity contribution is 0.638. The lowest BCUT2D eigenvalue weighted by atomic mass is 10.1. The fraction of sp³-hybridized carbons (Fsp3) is 0.750. The molecule has 0 bridgehead atoms. The molecule has 0 spiro atoms. The van der Waals surface area contributed by atoms with E-state index in [1.165, 1.54) is 32.1 Å². The van der Waals surface area contributed by atoms with Crippen LogP contribution in [0.15, 0.2) is 17.6 Å². The van der Waals surface area contributed by atoms with E-state index < -0.39 is 0 Å². The van der Waals surface area contributed by atoms with Crippen LogP contribution >= 0.6 is 0 Å². The Kier molecular flexibility index (Phi) is 10.9. The molecule has 1 nitrogen and oxygen atoms in total. The van der Waals surface area contributed by atoms with Crippen LogP contribution in [0, 0.1) is 0 Å². The van der Waals surface area contributed by atoms with Crippen LogP contribution in [0.2, 0.25) is 0 Å². The fourth-order valence-electron chi connectivity index (χ4n) is 1.18. The van der Waals surface area contributed by atoms with Crippen LogP contribution in [0.25, 0.3) is 0 Å². The molecule has 0 saturated carbocycles. The first-order chi connectivity index (χ1) is 6.41. The molecule has 0 atom stereocenters. The first-order valence-electron chi connectivity index (χ1n) is 5.51. The van der Waals surface area contributed by atoms with Crippen molar-refractivity contribution in [3.63, 3.8) is 0 Å². The van der Waals surface area contributed by atoms with Gasteiger partial charge in [-0.1, -0.05) is 38.7 Å². The van der Waals surface area contributed by atoms with Gasteiger partial charge in [-0.05, 0) is 25.5 Å². The average Bonchev–Trinajstić information content (AvgIpc) is 2.16. The minimum atomic E-state index is 1.01. The van der Waals surface area contributed by atoms with Gasteiger partial charge in [0.1, 0.15) is 0 Å². The van der Waals surface area contributed by atoms with Crippen molar-refractivity contribution in [1.29, 1.82) is 0 Å². The second-order valence-corrected chi connectivity index (χ2v) is 3.37. The molecule has 0 unspecified atom stereocenters. The molecular formula is C12H23N. The third-order valence-corrected chi connectivity index (χ3v) is 2.02. The van der Waals surface area contributed by atoms with Gasteiger partial charge in [0.05, 0.1) is 0 Å². The maximum Gasteiger partial charge on any atom is 0.0385 e. The van der Waals surface area contributed by atoms with Crippen LogP contribution < -0.4 is 0 Å². The zero-order chi connectivity index (χ0) is 9.78. The van der Waals surface area contributed by atoms with Crippen LogP contribution in [-0.4, -0.2) is 12.8 Å². The minimum Gasteiger partial charge on any atom is -0.298 e. The highest BCUT2D eigenvalue weighted by atomic mass is 14.7. The highest BCUT2D eigenvalue weighted by Gasteiger charge is 1.86. The van der Waals surface area contributed by atoms with Gasteiger partial charge in [-0.2, -0.15) is 0 Å². The molecule has 0 aromatic heterocycles. The molecule has 13 heavy (non-hydrogen) atoms. The van der Waals surface area contributed by atoms with Gasteiger partial charge in [-0.3, -0.25) is 4.99 Å². The summed E-state index contributed by atoms with van der Waals surface area (Å²) in [5.74, 6) is 0. The van der Waals surface area contributed by atoms with Gasteiger partial charge >= 0.3 is 0 Å². The van der Waals surface area contributed by atoms with Crippen molar-refractivity contribution in [2.45, 2.75) is 51.9 Å². The molecule has 0 aliphatic carbocycles. The van der Waals surface area contributed by atoms with Gasteiger partial charge in [0.2, 0.25) is 0 Å². The van der Waals surface area contributed by atoms with Crippen LogP contribution in [0.3, 0.4) is 0 Å². The number of hydrogen-bond acceptors (Lipinski definition) is 1. The Labute approximate surface area is 83.0 Å². The quantitative estimate of drug-likeness (QED) is 0.290. The molecular weight excluding hydrogens is 158 g/mol. The van der Waals surface area contributed by atoms with Gasteiger partial charge < -0.3 is 0 Å². The Hall–Kier alpha value is -0.590. The molecule has 0 heterocycles. The standard InChI is InChI=1S/C12H23N/c1-3-5-7-8-10-12-13-11-9-6-4-2/h4,11H,2-3,5-10,12H2,1H3. The van der Waals surface area contributed by atoms with Crippen molar-refractivity contribution in [3.05, 3.63) is 12.7 Å². The van der Waals surface area contributed by atoms with E-state index in [9.17, 15) is 0 Å². The molecule has 76 valence electrons. The summed E-state index contributed by atoms with van der Waals surface area (Å²) < 4.78 is 0. The zero-order valence-electron chi connectivity index (χ0n) is 8.97. The normalized spacial score (nSPS) is 10.8. The third-order valence-electron chi connectivity index (χ3n) is 2.02. The van der Waals surface area contributed by atoms with Gasteiger partial charge in [0.25, 0.3) is 0 Å². The van der Waals surface area contributed by atoms with E-state index in [-0.39, 0.29) is 0 Å². The van der Waals surface area contributed by atoms with E-state index >= 15 is 0 Å². The third kappa shape index (κ3) is 11.4. The molecule has 0 rings (SSSR count). The Morgan fingerprint density at radius 2 is 1.85 bits per heavy atom. The Bertz CT molecular complexity index is 127. The number of unbranched alkanes of at least 4 members (excludes halogenated alkanes) is 5. The van der Waals surface area contributed by atoms with Crippen molar-refractivity contribution >= 4 is 6.21 Å². The van der Waals surface area contributed by atoms with E-state index in [0.29, 0.717) is 0 Å². The van der Waals surface area contributed by atoms with Gasteiger partial charge in [-0.25, -0.2) is 0 Å². The topological polar surface area (TPSA) is 12.4 Å². The van der Waals surface area contributed by atoms with Crippen LogP contribution in [0.5, 0.6) is 0 Å². The first-order valence-corrected chi connectivity index (χ1v) is 5.51. The van der Waals surface area contributed by atoms with Crippen LogP contribution in [0.1, 0.15) is 51.9 Å². The summed E-state index contributed by atoms with van der Waals surface area (Å²) in [6.07, 6.45) is 12.7. The summed E-state index contributed by atoms with van der Waals surface area (Å²) in [6, 6.07) is 0. The molecule has 1 heteroatoms. The van der Waals surface area contributed by atoms with E-state index in [0.717, 1.165) is 19.4 Å². The van der Waals surface area contributed by atoms with Gasteiger partial charge in [0, 0.05) is 6.54 Å². The number of hydrogen-bond donors (Lipinski definition) is 0. The average molecular weight is 181 g/mol. The molecule has 0 aliphatic rings. The number of rotatable bonds is 9. The van der Waals surface area contributed by atoms with E-state index in [1.54, 1.807) is 0 Å². The van der Waals surface area contributed by atoms with Crippen LogP contribution in [-0.2, 0) is 0 Å². The summed E-state index contributed by atoms with van der Waals surface area (Å²) in [5, 5.41) is 0. The highest BCUT2D eigenvalue weighted by Crippen LogP contribution is 2.01. The van der Waals surface area contributed by atoms with Crippen molar-refractivity contribution in [1.82, 2.24) is 0 Å². The number of allylic oxidation sites excluding steroid dienone is 1. The summed E-state index contributed by atoms with van der Waals surface area (Å²) in [7, 11) is 0. The summed E-state index contributed by atoms with van der Waals surface area (Å²) >= 11 is 0. The second kappa shape index (κ2) is 11.4. The first kappa shape index (κ1) is 12.4. The minimum absolute atomic E-state index is 1.01. The molecule has 0 fully saturated rings.